The van der Waals surface area contributed by atoms with Gasteiger partial charge in [-0.1, -0.05) is 12.8 Å². The van der Waals surface area contributed by atoms with Crippen molar-refractivity contribution in [3.8, 4) is 0 Å². The molecule has 0 amide bonds. The van der Waals surface area contributed by atoms with E-state index in [1.807, 2.05) is 0 Å². The second-order valence-electron chi connectivity index (χ2n) is 4.71. The summed E-state index contributed by atoms with van der Waals surface area (Å²) in [6.07, 6.45) is 4.89. The highest BCUT2D eigenvalue weighted by molar-refractivity contribution is 5.93. The number of anilines is 1. The predicted octanol–water partition coefficient (Wildman–Crippen LogP) is 1.52. The summed E-state index contributed by atoms with van der Waals surface area (Å²) < 4.78 is 0. The lowest BCUT2D eigenvalue weighted by atomic mass is 9.91. The van der Waals surface area contributed by atoms with Gasteiger partial charge in [0.1, 0.15) is 11.4 Å². The molecule has 5 heteroatoms. The first-order valence-electron chi connectivity index (χ1n) is 6.20. The van der Waals surface area contributed by atoms with E-state index in [0.717, 1.165) is 25.7 Å². The summed E-state index contributed by atoms with van der Waals surface area (Å²) >= 11 is 0. The lowest BCUT2D eigenvalue weighted by molar-refractivity contribution is 0.0695. The number of likely N-dealkylation sites (N-methyl/N-ethyl adjacent to an activating group) is 1. The van der Waals surface area contributed by atoms with Crippen LogP contribution >= 0.6 is 0 Å². The Balaban J connectivity index is 2.27. The highest BCUT2D eigenvalue weighted by Gasteiger charge is 2.29. The summed E-state index contributed by atoms with van der Waals surface area (Å²) in [6.45, 7) is 0. The number of carbonyl (C=O) groups is 1. The zero-order valence-corrected chi connectivity index (χ0v) is 10.4. The van der Waals surface area contributed by atoms with Crippen molar-refractivity contribution in [1.29, 1.82) is 0 Å². The summed E-state index contributed by atoms with van der Waals surface area (Å²) in [5.41, 5.74) is 0.178. The molecule has 1 fully saturated rings. The molecule has 1 aliphatic rings. The molecule has 0 aliphatic heterocycles. The largest absolute Gasteiger partial charge is 0.478 e. The number of nitrogens with zero attached hydrogens (tertiary/aromatic N) is 2. The van der Waals surface area contributed by atoms with Crippen LogP contribution in [0.5, 0.6) is 0 Å². The second-order valence-corrected chi connectivity index (χ2v) is 4.71. The van der Waals surface area contributed by atoms with E-state index in [-0.39, 0.29) is 11.6 Å². The number of carboxylic acids is 1. The molecule has 1 aromatic heterocycles. The maximum atomic E-state index is 11.2. The molecule has 0 saturated heterocycles. The summed E-state index contributed by atoms with van der Waals surface area (Å²) in [5.74, 6) is -0.564. The van der Waals surface area contributed by atoms with Crippen LogP contribution in [-0.4, -0.2) is 40.4 Å². The fraction of sp³-hybridized carbons (Fsp3) is 0.538. The first kappa shape index (κ1) is 12.8. The molecule has 98 valence electrons. The number of pyridine rings is 1. The minimum absolute atomic E-state index is 0.0493. The monoisotopic (exact) mass is 250 g/mol. The molecule has 18 heavy (non-hydrogen) atoms. The van der Waals surface area contributed by atoms with E-state index in [4.69, 9.17) is 5.11 Å². The number of rotatable bonds is 3. The Hall–Kier alpha value is -1.62. The Labute approximate surface area is 106 Å². The van der Waals surface area contributed by atoms with Gasteiger partial charge in [0, 0.05) is 13.2 Å². The fourth-order valence-corrected chi connectivity index (χ4v) is 2.55. The van der Waals surface area contributed by atoms with E-state index in [1.54, 1.807) is 24.2 Å². The van der Waals surface area contributed by atoms with Gasteiger partial charge in [0.2, 0.25) is 0 Å². The molecule has 0 aromatic carbocycles. The molecule has 1 aromatic rings. The van der Waals surface area contributed by atoms with Gasteiger partial charge in [0.25, 0.3) is 0 Å². The van der Waals surface area contributed by atoms with Gasteiger partial charge in [-0.2, -0.15) is 0 Å². The Morgan fingerprint density at radius 1 is 1.44 bits per heavy atom. The van der Waals surface area contributed by atoms with Crippen LogP contribution in [0.2, 0.25) is 0 Å². The van der Waals surface area contributed by atoms with Gasteiger partial charge in [-0.15, -0.1) is 0 Å². The molecule has 5 nitrogen and oxygen atoms in total. The third-order valence-corrected chi connectivity index (χ3v) is 3.54. The normalized spacial score (nSPS) is 23.7. The van der Waals surface area contributed by atoms with Crippen LogP contribution in [0.3, 0.4) is 0 Å². The third-order valence-electron chi connectivity index (χ3n) is 3.54. The summed E-state index contributed by atoms with van der Waals surface area (Å²) in [6, 6.07) is 3.10. The summed E-state index contributed by atoms with van der Waals surface area (Å²) in [5, 5.41) is 19.2. The molecule has 2 N–H and O–H groups in total. The van der Waals surface area contributed by atoms with Gasteiger partial charge in [-0.25, -0.2) is 9.78 Å². The molecule has 2 unspecified atom stereocenters. The number of hydrogen-bond donors (Lipinski definition) is 2. The standard InChI is InChI=1S/C13H18N2O3/c1-15(10-6-2-3-7-11(10)16)12-9(13(17)18)5-4-8-14-12/h4-5,8,10-11,16H,2-3,6-7H2,1H3,(H,17,18). The van der Waals surface area contributed by atoms with Gasteiger partial charge in [0.05, 0.1) is 12.1 Å². The number of aliphatic hydroxyl groups is 1. The van der Waals surface area contributed by atoms with Crippen molar-refractivity contribution in [3.05, 3.63) is 23.9 Å². The SMILES string of the molecule is CN(c1ncccc1C(=O)O)C1CCCCC1O. The molecule has 1 saturated carbocycles. The molecule has 0 bridgehead atoms. The molecule has 0 spiro atoms. The minimum atomic E-state index is -0.991. The van der Waals surface area contributed by atoms with Crippen LogP contribution in [0.1, 0.15) is 36.0 Å². The molecule has 0 radical (unpaired) electrons. The Bertz CT molecular complexity index is 436. The number of hydrogen-bond acceptors (Lipinski definition) is 4. The van der Waals surface area contributed by atoms with Crippen molar-refractivity contribution in [2.45, 2.75) is 37.8 Å². The van der Waals surface area contributed by atoms with E-state index in [1.165, 1.54) is 6.07 Å². The van der Waals surface area contributed by atoms with Gasteiger partial charge in [0.15, 0.2) is 0 Å². The average molecular weight is 250 g/mol. The van der Waals surface area contributed by atoms with E-state index < -0.39 is 12.1 Å². The summed E-state index contributed by atoms with van der Waals surface area (Å²) in [7, 11) is 1.80. The first-order valence-corrected chi connectivity index (χ1v) is 6.20. The average Bonchev–Trinajstić information content (AvgIpc) is 2.38. The maximum absolute atomic E-state index is 11.2. The topological polar surface area (TPSA) is 73.7 Å². The zero-order valence-electron chi connectivity index (χ0n) is 10.4. The van der Waals surface area contributed by atoms with Crippen LogP contribution in [-0.2, 0) is 0 Å². The molecule has 1 heterocycles. The van der Waals surface area contributed by atoms with Crippen LogP contribution in [0, 0.1) is 0 Å². The highest BCUT2D eigenvalue weighted by Crippen LogP contribution is 2.27. The molecular weight excluding hydrogens is 232 g/mol. The van der Waals surface area contributed by atoms with Crippen LogP contribution in [0.15, 0.2) is 18.3 Å². The van der Waals surface area contributed by atoms with E-state index in [9.17, 15) is 9.90 Å². The zero-order chi connectivity index (χ0) is 13.1. The number of aromatic carboxylic acids is 1. The van der Waals surface area contributed by atoms with Gasteiger partial charge in [-0.05, 0) is 25.0 Å². The van der Waals surface area contributed by atoms with Crippen LogP contribution < -0.4 is 4.90 Å². The van der Waals surface area contributed by atoms with Crippen molar-refractivity contribution >= 4 is 11.8 Å². The Morgan fingerprint density at radius 2 is 2.17 bits per heavy atom. The Kier molecular flexibility index (Phi) is 3.81. The van der Waals surface area contributed by atoms with Crippen LogP contribution in [0.4, 0.5) is 5.82 Å². The van der Waals surface area contributed by atoms with Crippen molar-refractivity contribution in [2.24, 2.45) is 0 Å². The van der Waals surface area contributed by atoms with E-state index in [2.05, 4.69) is 4.98 Å². The minimum Gasteiger partial charge on any atom is -0.478 e. The first-order chi connectivity index (χ1) is 8.61. The molecule has 2 rings (SSSR count). The molecule has 1 aliphatic carbocycles. The van der Waals surface area contributed by atoms with Gasteiger partial charge < -0.3 is 15.1 Å². The Morgan fingerprint density at radius 3 is 2.83 bits per heavy atom. The van der Waals surface area contributed by atoms with Crippen molar-refractivity contribution < 1.29 is 15.0 Å². The lowest BCUT2D eigenvalue weighted by Crippen LogP contribution is -2.44. The van der Waals surface area contributed by atoms with Crippen molar-refractivity contribution in [2.75, 3.05) is 11.9 Å². The smallest absolute Gasteiger partial charge is 0.339 e. The van der Waals surface area contributed by atoms with E-state index in [0.29, 0.717) is 5.82 Å². The fourth-order valence-electron chi connectivity index (χ4n) is 2.55. The molecular formula is C13H18N2O3. The van der Waals surface area contributed by atoms with Gasteiger partial charge >= 0.3 is 5.97 Å². The van der Waals surface area contributed by atoms with Gasteiger partial charge in [-0.3, -0.25) is 0 Å². The lowest BCUT2D eigenvalue weighted by Gasteiger charge is -2.36. The summed E-state index contributed by atoms with van der Waals surface area (Å²) in [4.78, 5) is 17.1. The third kappa shape index (κ3) is 2.46. The number of carboxylic acid groups (broad SMARTS) is 1. The molecule has 2 atom stereocenters. The number of aromatic nitrogens is 1. The highest BCUT2D eigenvalue weighted by atomic mass is 16.4. The maximum Gasteiger partial charge on any atom is 0.339 e. The van der Waals surface area contributed by atoms with Crippen LogP contribution in [0.25, 0.3) is 0 Å². The van der Waals surface area contributed by atoms with Crippen molar-refractivity contribution in [3.63, 3.8) is 0 Å². The second kappa shape index (κ2) is 5.35. The predicted molar refractivity (Wildman–Crippen MR) is 67.9 cm³/mol. The van der Waals surface area contributed by atoms with Crippen molar-refractivity contribution in [1.82, 2.24) is 4.98 Å². The number of aliphatic hydroxyl groups excluding tert-OH is 1. The quantitative estimate of drug-likeness (QED) is 0.850. The van der Waals surface area contributed by atoms with E-state index >= 15 is 0 Å².